The van der Waals surface area contributed by atoms with Gasteiger partial charge < -0.3 is 22.1 Å². The number of rotatable bonds is 5. The van der Waals surface area contributed by atoms with E-state index in [0.29, 0.717) is 17.3 Å². The van der Waals surface area contributed by atoms with Gasteiger partial charge in [-0.1, -0.05) is 29.8 Å². The molecule has 0 aliphatic carbocycles. The molecule has 3 aromatic rings. The second-order valence-electron chi connectivity index (χ2n) is 5.46. The van der Waals surface area contributed by atoms with Gasteiger partial charge in [0, 0.05) is 23.3 Å². The molecule has 2 aromatic carbocycles. The van der Waals surface area contributed by atoms with Gasteiger partial charge in [0.15, 0.2) is 5.82 Å². The molecule has 122 valence electrons. The summed E-state index contributed by atoms with van der Waals surface area (Å²) in [5.74, 6) is 1.11. The lowest BCUT2D eigenvalue weighted by atomic mass is 10.2. The molecule has 6 heteroatoms. The highest BCUT2D eigenvalue weighted by atomic mass is 15.2. The highest BCUT2D eigenvalue weighted by Gasteiger charge is 2.05. The zero-order valence-corrected chi connectivity index (χ0v) is 13.4. The van der Waals surface area contributed by atoms with Crippen LogP contribution in [-0.2, 0) is 0 Å². The Labute approximate surface area is 140 Å². The fraction of sp³-hybridized carbons (Fsp3) is 0.0556. The van der Waals surface area contributed by atoms with Gasteiger partial charge in [-0.15, -0.1) is 0 Å². The summed E-state index contributed by atoms with van der Waals surface area (Å²) in [5, 5.41) is 14.5. The van der Waals surface area contributed by atoms with Crippen molar-refractivity contribution >= 4 is 22.4 Å². The lowest BCUT2D eigenvalue weighted by Crippen LogP contribution is -2.12. The van der Waals surface area contributed by atoms with Crippen LogP contribution in [-0.4, -0.2) is 10.2 Å². The third-order valence-corrected chi connectivity index (χ3v) is 3.56. The molecule has 1 heterocycles. The molecule has 0 saturated heterocycles. The zero-order valence-electron chi connectivity index (χ0n) is 13.4. The van der Waals surface area contributed by atoms with Crippen LogP contribution in [0.4, 0.5) is 11.5 Å². The molecule has 0 spiro atoms. The van der Waals surface area contributed by atoms with Crippen LogP contribution in [0.25, 0.3) is 10.9 Å². The predicted octanol–water partition coefficient (Wildman–Crippen LogP) is 3.00. The molecule has 0 aliphatic heterocycles. The number of fused-ring (bicyclic) bond motifs is 1. The first kappa shape index (κ1) is 15.5. The summed E-state index contributed by atoms with van der Waals surface area (Å²) >= 11 is 0. The van der Waals surface area contributed by atoms with Crippen molar-refractivity contribution in [2.24, 2.45) is 11.5 Å². The van der Waals surface area contributed by atoms with Crippen molar-refractivity contribution in [1.29, 1.82) is 0 Å². The van der Waals surface area contributed by atoms with Crippen LogP contribution in [0.1, 0.15) is 5.56 Å². The van der Waals surface area contributed by atoms with Crippen molar-refractivity contribution in [2.75, 3.05) is 10.6 Å². The monoisotopic (exact) mass is 320 g/mol. The fourth-order valence-corrected chi connectivity index (χ4v) is 2.33. The summed E-state index contributed by atoms with van der Waals surface area (Å²) in [6.07, 6.45) is 3.19. The Balaban J connectivity index is 1.74. The van der Waals surface area contributed by atoms with Crippen molar-refractivity contribution in [3.63, 3.8) is 0 Å². The number of aromatic nitrogens is 2. The minimum atomic E-state index is 0.434. The van der Waals surface area contributed by atoms with Crippen LogP contribution >= 0.6 is 0 Å². The highest BCUT2D eigenvalue weighted by Crippen LogP contribution is 2.20. The predicted molar refractivity (Wildman–Crippen MR) is 99.1 cm³/mol. The molecule has 7 N–H and O–H groups in total. The largest absolute Gasteiger partial charge is 0.403 e. The molecular weight excluding hydrogens is 300 g/mol. The number of aryl methyl sites for hydroxylation is 1. The van der Waals surface area contributed by atoms with Gasteiger partial charge in [0.1, 0.15) is 5.82 Å². The molecule has 0 aliphatic rings. The Morgan fingerprint density at radius 1 is 1.08 bits per heavy atom. The third-order valence-electron chi connectivity index (χ3n) is 3.56. The number of aromatic amines is 1. The van der Waals surface area contributed by atoms with E-state index in [0.717, 1.165) is 16.6 Å². The average molecular weight is 320 g/mol. The van der Waals surface area contributed by atoms with Crippen LogP contribution in [0.3, 0.4) is 0 Å². The molecule has 1 aromatic heterocycles. The quantitative estimate of drug-likeness (QED) is 0.465. The molecule has 0 amide bonds. The topological polar surface area (TPSA) is 105 Å². The summed E-state index contributed by atoms with van der Waals surface area (Å²) in [5.41, 5.74) is 15.5. The minimum Gasteiger partial charge on any atom is -0.403 e. The van der Waals surface area contributed by atoms with E-state index in [1.165, 1.54) is 11.8 Å². The van der Waals surface area contributed by atoms with E-state index >= 15 is 0 Å². The Morgan fingerprint density at radius 2 is 1.83 bits per heavy atom. The summed E-state index contributed by atoms with van der Waals surface area (Å²) in [6.45, 7) is 2.04. The number of nitrogens with one attached hydrogen (secondary N) is 3. The number of para-hydroxylation sites is 1. The van der Waals surface area contributed by atoms with Crippen LogP contribution in [0.15, 0.2) is 72.3 Å². The van der Waals surface area contributed by atoms with E-state index in [2.05, 4.69) is 20.8 Å². The first-order chi connectivity index (χ1) is 11.7. The first-order valence-electron chi connectivity index (χ1n) is 7.58. The van der Waals surface area contributed by atoms with Crippen LogP contribution in [0.2, 0.25) is 0 Å². The Hall–Kier alpha value is -3.41. The number of H-pyrrole nitrogens is 1. The van der Waals surface area contributed by atoms with Crippen molar-refractivity contribution in [2.45, 2.75) is 6.92 Å². The van der Waals surface area contributed by atoms with Gasteiger partial charge in [0.25, 0.3) is 0 Å². The maximum Gasteiger partial charge on any atom is 0.161 e. The van der Waals surface area contributed by atoms with Gasteiger partial charge in [-0.3, -0.25) is 5.10 Å². The van der Waals surface area contributed by atoms with Crippen LogP contribution < -0.4 is 22.1 Å². The maximum absolute atomic E-state index is 6.07. The van der Waals surface area contributed by atoms with Gasteiger partial charge in [-0.05, 0) is 31.2 Å². The summed E-state index contributed by atoms with van der Waals surface area (Å²) in [7, 11) is 0. The van der Waals surface area contributed by atoms with E-state index in [1.54, 1.807) is 6.08 Å². The summed E-state index contributed by atoms with van der Waals surface area (Å²) in [4.78, 5) is 0. The molecule has 3 rings (SSSR count). The van der Waals surface area contributed by atoms with Gasteiger partial charge in [-0.2, -0.15) is 5.10 Å². The van der Waals surface area contributed by atoms with E-state index in [-0.39, 0.29) is 0 Å². The van der Waals surface area contributed by atoms with Crippen molar-refractivity contribution < 1.29 is 0 Å². The minimum absolute atomic E-state index is 0.434. The normalized spacial score (nSPS) is 12.4. The number of allylic oxidation sites excluding steroid dienone is 1. The van der Waals surface area contributed by atoms with Gasteiger partial charge in [0.05, 0.1) is 11.2 Å². The number of hydrogen-bond acceptors (Lipinski definition) is 5. The second-order valence-corrected chi connectivity index (χ2v) is 5.46. The van der Waals surface area contributed by atoms with Crippen molar-refractivity contribution in [3.05, 3.63) is 77.9 Å². The Morgan fingerprint density at radius 3 is 2.58 bits per heavy atom. The van der Waals surface area contributed by atoms with Gasteiger partial charge in [-0.25, -0.2) is 0 Å². The number of nitrogens with zero attached hydrogens (tertiary/aromatic N) is 1. The van der Waals surface area contributed by atoms with E-state index in [1.807, 2.05) is 55.5 Å². The summed E-state index contributed by atoms with van der Waals surface area (Å²) < 4.78 is 0. The molecule has 0 fully saturated rings. The van der Waals surface area contributed by atoms with E-state index in [4.69, 9.17) is 11.5 Å². The third kappa shape index (κ3) is 3.49. The number of anilines is 2. The van der Waals surface area contributed by atoms with Gasteiger partial charge in [0.2, 0.25) is 0 Å². The van der Waals surface area contributed by atoms with Gasteiger partial charge >= 0.3 is 0 Å². The lowest BCUT2D eigenvalue weighted by molar-refractivity contribution is 1.10. The molecule has 0 unspecified atom stereocenters. The highest BCUT2D eigenvalue weighted by molar-refractivity contribution is 5.90. The van der Waals surface area contributed by atoms with Crippen molar-refractivity contribution in [3.8, 4) is 0 Å². The molecule has 0 saturated carbocycles. The summed E-state index contributed by atoms with van der Waals surface area (Å²) in [6, 6.07) is 15.8. The molecule has 24 heavy (non-hydrogen) atoms. The molecule has 0 radical (unpaired) electrons. The lowest BCUT2D eigenvalue weighted by Gasteiger charge is -2.09. The smallest absolute Gasteiger partial charge is 0.161 e. The number of benzene rings is 2. The van der Waals surface area contributed by atoms with Crippen LogP contribution in [0, 0.1) is 6.92 Å². The van der Waals surface area contributed by atoms with E-state index in [9.17, 15) is 0 Å². The number of nitrogens with two attached hydrogens (primary N) is 2. The Bertz CT molecular complexity index is 889. The average Bonchev–Trinajstić information content (AvgIpc) is 2.99. The maximum atomic E-state index is 6.07. The fourth-order valence-electron chi connectivity index (χ4n) is 2.33. The number of hydrogen-bond donors (Lipinski definition) is 5. The van der Waals surface area contributed by atoms with E-state index < -0.39 is 0 Å². The Kier molecular flexibility index (Phi) is 4.38. The molecule has 6 nitrogen and oxygen atoms in total. The molecule has 0 bridgehead atoms. The first-order valence-corrected chi connectivity index (χ1v) is 7.58. The zero-order chi connectivity index (χ0) is 16.9. The second kappa shape index (κ2) is 6.78. The molecular formula is C18H20N6. The van der Waals surface area contributed by atoms with Crippen molar-refractivity contribution in [1.82, 2.24) is 10.2 Å². The SMILES string of the molecule is Cc1ccc(NC(/C=C(\N)Nc2n[nH]c3ccccc23)=C/N)cc1. The standard InChI is InChI=1S/C18H20N6/c1-12-6-8-13(9-7-12)21-14(11-19)10-17(20)22-18-15-4-2-3-5-16(15)23-24-18/h2-11,21H,19-20H2,1H3,(H2,22,23,24)/b14-11+,17-10+. The molecule has 0 atom stereocenters. The van der Waals surface area contributed by atoms with Crippen LogP contribution in [0.5, 0.6) is 0 Å².